The van der Waals surface area contributed by atoms with Gasteiger partial charge in [0.1, 0.15) is 12.7 Å². The normalized spacial score (nSPS) is 18.2. The summed E-state index contributed by atoms with van der Waals surface area (Å²) in [6, 6.07) is 7.22. The molecule has 1 atom stereocenters. The van der Waals surface area contributed by atoms with E-state index in [-0.39, 0.29) is 17.7 Å². The van der Waals surface area contributed by atoms with Gasteiger partial charge >= 0.3 is 0 Å². The van der Waals surface area contributed by atoms with E-state index in [1.165, 1.54) is 0 Å². The first-order valence-corrected chi connectivity index (χ1v) is 7.19. The molecule has 0 saturated carbocycles. The molecular formula is C15H17N5O2. The van der Waals surface area contributed by atoms with Crippen molar-refractivity contribution in [3.05, 3.63) is 42.5 Å². The number of piperidine rings is 1. The van der Waals surface area contributed by atoms with Crippen LogP contribution in [0.3, 0.4) is 0 Å². The van der Waals surface area contributed by atoms with E-state index < -0.39 is 0 Å². The van der Waals surface area contributed by atoms with Gasteiger partial charge in [-0.25, -0.2) is 0 Å². The Morgan fingerprint density at radius 3 is 2.45 bits per heavy atom. The van der Waals surface area contributed by atoms with Crippen LogP contribution in [0.15, 0.2) is 36.9 Å². The number of rotatable bonds is 3. The number of benzene rings is 1. The van der Waals surface area contributed by atoms with Gasteiger partial charge in [-0.2, -0.15) is 0 Å². The summed E-state index contributed by atoms with van der Waals surface area (Å²) < 4.78 is 1.76. The van der Waals surface area contributed by atoms with E-state index in [0.717, 1.165) is 18.5 Å². The molecule has 22 heavy (non-hydrogen) atoms. The average molecular weight is 299 g/mol. The van der Waals surface area contributed by atoms with E-state index in [2.05, 4.69) is 10.2 Å². The predicted molar refractivity (Wildman–Crippen MR) is 79.2 cm³/mol. The number of primary amides is 1. The number of hydrogen-bond donors (Lipinski definition) is 1. The Bertz CT molecular complexity index is 666. The number of nitrogens with two attached hydrogens (primary N) is 1. The smallest absolute Gasteiger partial charge is 0.253 e. The summed E-state index contributed by atoms with van der Waals surface area (Å²) in [5.74, 6) is -0.643. The molecule has 0 aliphatic carbocycles. The minimum absolute atomic E-state index is 0.0683. The van der Waals surface area contributed by atoms with Crippen LogP contribution in [0.25, 0.3) is 5.69 Å². The molecule has 1 aromatic heterocycles. The first-order chi connectivity index (χ1) is 10.6. The first-order valence-electron chi connectivity index (χ1n) is 7.19. The van der Waals surface area contributed by atoms with Crippen LogP contribution >= 0.6 is 0 Å². The Hall–Kier alpha value is -2.70. The molecule has 1 fully saturated rings. The summed E-state index contributed by atoms with van der Waals surface area (Å²) in [6.07, 6.45) is 4.75. The van der Waals surface area contributed by atoms with Crippen LogP contribution in [-0.4, -0.2) is 44.6 Å². The minimum Gasteiger partial charge on any atom is -0.369 e. The quantitative estimate of drug-likeness (QED) is 0.898. The van der Waals surface area contributed by atoms with E-state index in [0.29, 0.717) is 18.7 Å². The van der Waals surface area contributed by atoms with Crippen molar-refractivity contribution in [1.29, 1.82) is 0 Å². The molecule has 2 N–H and O–H groups in total. The van der Waals surface area contributed by atoms with Gasteiger partial charge in [-0.05, 0) is 37.1 Å². The van der Waals surface area contributed by atoms with Crippen molar-refractivity contribution in [2.24, 2.45) is 11.7 Å². The molecule has 1 unspecified atom stereocenters. The predicted octanol–water partition coefficient (Wildman–Crippen LogP) is 0.605. The molecule has 0 spiro atoms. The summed E-state index contributed by atoms with van der Waals surface area (Å²) in [4.78, 5) is 25.5. The van der Waals surface area contributed by atoms with Gasteiger partial charge in [0.25, 0.3) is 5.91 Å². The van der Waals surface area contributed by atoms with Crippen molar-refractivity contribution in [1.82, 2.24) is 19.7 Å². The van der Waals surface area contributed by atoms with E-state index >= 15 is 0 Å². The Morgan fingerprint density at radius 1 is 1.14 bits per heavy atom. The van der Waals surface area contributed by atoms with E-state index in [1.807, 2.05) is 12.1 Å². The number of hydrogen-bond acceptors (Lipinski definition) is 4. The highest BCUT2D eigenvalue weighted by molar-refractivity contribution is 5.94. The lowest BCUT2D eigenvalue weighted by Gasteiger charge is -2.31. The molecule has 0 radical (unpaired) electrons. The monoisotopic (exact) mass is 299 g/mol. The van der Waals surface area contributed by atoms with Crippen molar-refractivity contribution in [2.75, 3.05) is 13.1 Å². The van der Waals surface area contributed by atoms with Gasteiger partial charge in [0.15, 0.2) is 0 Å². The van der Waals surface area contributed by atoms with Crippen molar-refractivity contribution < 1.29 is 9.59 Å². The standard InChI is InChI=1S/C15H17N5O2/c16-14(21)12-2-1-7-19(8-12)15(22)11-3-5-13(6-4-11)20-9-17-18-10-20/h3-6,9-10,12H,1-2,7-8H2,(H2,16,21). The maximum absolute atomic E-state index is 12.5. The number of likely N-dealkylation sites (tertiary alicyclic amines) is 1. The molecule has 2 amide bonds. The van der Waals surface area contributed by atoms with Crippen molar-refractivity contribution >= 4 is 11.8 Å². The lowest BCUT2D eigenvalue weighted by Crippen LogP contribution is -2.44. The maximum atomic E-state index is 12.5. The van der Waals surface area contributed by atoms with Crippen LogP contribution < -0.4 is 5.73 Å². The summed E-state index contributed by atoms with van der Waals surface area (Å²) in [5, 5.41) is 7.50. The second-order valence-electron chi connectivity index (χ2n) is 5.41. The van der Waals surface area contributed by atoms with Crippen LogP contribution in [0.2, 0.25) is 0 Å². The van der Waals surface area contributed by atoms with Crippen molar-refractivity contribution in [3.63, 3.8) is 0 Å². The number of nitrogens with zero attached hydrogens (tertiary/aromatic N) is 4. The Kier molecular flexibility index (Phi) is 3.86. The largest absolute Gasteiger partial charge is 0.369 e. The molecular weight excluding hydrogens is 282 g/mol. The van der Waals surface area contributed by atoms with E-state index in [4.69, 9.17) is 5.73 Å². The third-order valence-corrected chi connectivity index (χ3v) is 3.94. The maximum Gasteiger partial charge on any atom is 0.253 e. The van der Waals surface area contributed by atoms with Crippen LogP contribution in [-0.2, 0) is 4.79 Å². The molecule has 1 aromatic carbocycles. The molecule has 2 heterocycles. The second-order valence-corrected chi connectivity index (χ2v) is 5.41. The fourth-order valence-electron chi connectivity index (χ4n) is 2.69. The number of carbonyl (C=O) groups is 2. The van der Waals surface area contributed by atoms with Crippen LogP contribution in [0.1, 0.15) is 23.2 Å². The first kappa shape index (κ1) is 14.2. The number of aromatic nitrogens is 3. The molecule has 1 aliphatic rings. The zero-order chi connectivity index (χ0) is 15.5. The molecule has 1 aliphatic heterocycles. The van der Waals surface area contributed by atoms with Gasteiger partial charge in [-0.15, -0.1) is 10.2 Å². The summed E-state index contributed by atoms with van der Waals surface area (Å²) in [5.41, 5.74) is 6.83. The van der Waals surface area contributed by atoms with Gasteiger partial charge in [-0.3, -0.25) is 14.2 Å². The Balaban J connectivity index is 1.73. The van der Waals surface area contributed by atoms with Crippen LogP contribution in [0.4, 0.5) is 0 Å². The van der Waals surface area contributed by atoms with Crippen molar-refractivity contribution in [3.8, 4) is 5.69 Å². The molecule has 0 bridgehead atoms. The fraction of sp³-hybridized carbons (Fsp3) is 0.333. The lowest BCUT2D eigenvalue weighted by molar-refractivity contribution is -0.123. The summed E-state index contributed by atoms with van der Waals surface area (Å²) in [6.45, 7) is 1.07. The third kappa shape index (κ3) is 2.83. The topological polar surface area (TPSA) is 94.1 Å². The molecule has 7 heteroatoms. The highest BCUT2D eigenvalue weighted by atomic mass is 16.2. The van der Waals surface area contributed by atoms with Crippen LogP contribution in [0.5, 0.6) is 0 Å². The van der Waals surface area contributed by atoms with Crippen LogP contribution in [0, 0.1) is 5.92 Å². The zero-order valence-corrected chi connectivity index (χ0v) is 12.1. The molecule has 7 nitrogen and oxygen atoms in total. The Labute approximate surface area is 127 Å². The van der Waals surface area contributed by atoms with Gasteiger partial charge < -0.3 is 10.6 Å². The number of carbonyl (C=O) groups excluding carboxylic acids is 2. The van der Waals surface area contributed by atoms with E-state index in [1.54, 1.807) is 34.3 Å². The van der Waals surface area contributed by atoms with E-state index in [9.17, 15) is 9.59 Å². The summed E-state index contributed by atoms with van der Waals surface area (Å²) >= 11 is 0. The highest BCUT2D eigenvalue weighted by Gasteiger charge is 2.27. The van der Waals surface area contributed by atoms with Gasteiger partial charge in [0.2, 0.25) is 5.91 Å². The van der Waals surface area contributed by atoms with Gasteiger partial charge in [0.05, 0.1) is 5.92 Å². The van der Waals surface area contributed by atoms with Gasteiger partial charge in [0, 0.05) is 24.3 Å². The molecule has 114 valence electrons. The third-order valence-electron chi connectivity index (χ3n) is 3.94. The minimum atomic E-state index is -0.333. The molecule has 3 rings (SSSR count). The Morgan fingerprint density at radius 2 is 1.82 bits per heavy atom. The van der Waals surface area contributed by atoms with Gasteiger partial charge in [-0.1, -0.05) is 0 Å². The zero-order valence-electron chi connectivity index (χ0n) is 12.1. The molecule has 1 saturated heterocycles. The number of amides is 2. The lowest BCUT2D eigenvalue weighted by atomic mass is 9.97. The van der Waals surface area contributed by atoms with Crippen molar-refractivity contribution in [2.45, 2.75) is 12.8 Å². The molecule has 2 aromatic rings. The highest BCUT2D eigenvalue weighted by Crippen LogP contribution is 2.19. The summed E-state index contributed by atoms with van der Waals surface area (Å²) in [7, 11) is 0. The second kappa shape index (κ2) is 5.97. The average Bonchev–Trinajstić information content (AvgIpc) is 3.09. The fourth-order valence-corrected chi connectivity index (χ4v) is 2.69. The SMILES string of the molecule is NC(=O)C1CCCN(C(=O)c2ccc(-n3cnnc3)cc2)C1.